The quantitative estimate of drug-likeness (QED) is 0.0452. The summed E-state index contributed by atoms with van der Waals surface area (Å²) < 4.78 is 14.5. The Labute approximate surface area is 304 Å². The third-order valence-corrected chi connectivity index (χ3v) is 10.1. The van der Waals surface area contributed by atoms with E-state index < -0.39 is 11.5 Å². The number of anilines is 1. The van der Waals surface area contributed by atoms with Gasteiger partial charge in [0, 0.05) is 25.9 Å². The van der Waals surface area contributed by atoms with Crippen LogP contribution in [0.5, 0.6) is 0 Å². The largest absolute Gasteiger partial charge is 0.871 e. The fourth-order valence-corrected chi connectivity index (χ4v) is 6.83. The molecule has 8 nitrogen and oxygen atoms in total. The van der Waals surface area contributed by atoms with Crippen molar-refractivity contribution in [3.05, 3.63) is 29.3 Å². The average Bonchev–Trinajstić information content (AvgIpc) is 3.79. The number of aromatic nitrogens is 1. The van der Waals surface area contributed by atoms with Crippen molar-refractivity contribution in [1.29, 1.82) is 0 Å². The lowest BCUT2D eigenvalue weighted by molar-refractivity contribution is -0.534. The topological polar surface area (TPSA) is 94.0 Å². The van der Waals surface area contributed by atoms with E-state index in [9.17, 15) is 9.90 Å². The number of unbranched alkanes of at least 4 members (excludes halogenated alkanes) is 20. The Morgan fingerprint density at radius 3 is 1.58 bits per heavy atom. The molecule has 1 aliphatic heterocycles. The first kappa shape index (κ1) is 41.5. The number of Topliss-reactive ketones (excluding diaryl/α,β-unsaturated/α-hetero) is 1. The van der Waals surface area contributed by atoms with Gasteiger partial charge in [-0.3, -0.25) is 4.79 Å². The van der Waals surface area contributed by atoms with E-state index in [1.165, 1.54) is 128 Å². The van der Waals surface area contributed by atoms with Gasteiger partial charge in [0.2, 0.25) is 23.4 Å². The van der Waals surface area contributed by atoms with Gasteiger partial charge < -0.3 is 19.2 Å². The van der Waals surface area contributed by atoms with E-state index in [-0.39, 0.29) is 22.9 Å². The van der Waals surface area contributed by atoms with Gasteiger partial charge >= 0.3 is 5.90 Å². The fourth-order valence-electron chi connectivity index (χ4n) is 6.83. The first-order valence-corrected chi connectivity index (χ1v) is 20.8. The van der Waals surface area contributed by atoms with Crippen LogP contribution in [0.25, 0.3) is 5.57 Å². The summed E-state index contributed by atoms with van der Waals surface area (Å²) in [6.07, 6.45) is 32.7. The third kappa shape index (κ3) is 14.0. The maximum atomic E-state index is 13.4. The Morgan fingerprint density at radius 1 is 0.640 bits per heavy atom. The minimum atomic E-state index is -0.395. The zero-order valence-electron chi connectivity index (χ0n) is 32.4. The van der Waals surface area contributed by atoms with Crippen LogP contribution >= 0.6 is 0 Å². The van der Waals surface area contributed by atoms with Gasteiger partial charge in [0.25, 0.3) is 0 Å². The summed E-state index contributed by atoms with van der Waals surface area (Å²) in [6, 6.07) is 0. The van der Waals surface area contributed by atoms with Crippen molar-refractivity contribution in [2.45, 2.75) is 182 Å². The normalized spacial score (nSPS) is 15.7. The van der Waals surface area contributed by atoms with Gasteiger partial charge in [-0.05, 0) is 25.7 Å². The minimum absolute atomic E-state index is 0.00101. The van der Waals surface area contributed by atoms with Crippen LogP contribution in [0, 0.1) is 0 Å². The number of ether oxygens (including phenoxy) is 1. The number of hydrogen-bond acceptors (Lipinski definition) is 7. The van der Waals surface area contributed by atoms with Crippen molar-refractivity contribution in [2.24, 2.45) is 4.99 Å². The van der Waals surface area contributed by atoms with Crippen molar-refractivity contribution in [3.63, 3.8) is 0 Å². The standard InChI is InChI=1S/C42H70N4O4/c1-5-9-13-17-21-25-29-45(30-26-22-18-14-10-6-2)35-33-43-41(49-35)37-39(47)38(40(37)48)42-44-34-36(50-42)46(31-27-23-19-15-11-7-3)32-28-24-20-16-12-8-4/h33-34H,5-32H2,1-4H3. The molecular formula is C42H70N4O4. The van der Waals surface area contributed by atoms with Crippen molar-refractivity contribution in [1.82, 2.24) is 4.98 Å². The lowest BCUT2D eigenvalue weighted by atomic mass is 9.88. The molecule has 0 amide bonds. The van der Waals surface area contributed by atoms with Crippen molar-refractivity contribution >= 4 is 29.4 Å². The number of hydrogen-bond donors (Lipinski definition) is 0. The first-order valence-electron chi connectivity index (χ1n) is 20.8. The van der Waals surface area contributed by atoms with E-state index >= 15 is 0 Å². The van der Waals surface area contributed by atoms with Gasteiger partial charge in [-0.15, -0.1) is 0 Å². The van der Waals surface area contributed by atoms with E-state index in [1.807, 2.05) is 0 Å². The van der Waals surface area contributed by atoms with Crippen LogP contribution in [0.3, 0.4) is 0 Å². The zero-order valence-corrected chi connectivity index (χ0v) is 32.4. The lowest BCUT2D eigenvalue weighted by Crippen LogP contribution is -2.31. The summed E-state index contributed by atoms with van der Waals surface area (Å²) >= 11 is 0. The fraction of sp³-hybridized carbons (Fsp3) is 0.762. The predicted molar refractivity (Wildman–Crippen MR) is 206 cm³/mol. The molecule has 50 heavy (non-hydrogen) atoms. The molecule has 0 radical (unpaired) electrons. The number of oxazole rings is 1. The molecule has 0 saturated carbocycles. The van der Waals surface area contributed by atoms with Gasteiger partial charge in [-0.2, -0.15) is 4.58 Å². The zero-order chi connectivity index (χ0) is 35.8. The average molecular weight is 695 g/mol. The summed E-state index contributed by atoms with van der Waals surface area (Å²) in [5, 5.41) is 13.4. The number of aliphatic imine (C=N–C) groups is 1. The van der Waals surface area contributed by atoms with Crippen LogP contribution < -0.4 is 10.0 Å². The maximum absolute atomic E-state index is 13.4. The second-order valence-corrected chi connectivity index (χ2v) is 14.5. The molecule has 0 aromatic carbocycles. The molecule has 1 aliphatic carbocycles. The highest BCUT2D eigenvalue weighted by Gasteiger charge is 2.38. The minimum Gasteiger partial charge on any atom is -0.871 e. The Morgan fingerprint density at radius 2 is 1.10 bits per heavy atom. The smallest absolute Gasteiger partial charge is 0.388 e. The van der Waals surface area contributed by atoms with E-state index in [1.54, 1.807) is 12.4 Å². The molecule has 0 N–H and O–H groups in total. The summed E-state index contributed by atoms with van der Waals surface area (Å²) in [5.41, 5.74) is 0.00203. The highest BCUT2D eigenvalue weighted by atomic mass is 16.5. The summed E-state index contributed by atoms with van der Waals surface area (Å²) in [5.74, 6) is 0.704. The molecule has 0 spiro atoms. The van der Waals surface area contributed by atoms with Gasteiger partial charge in [0.15, 0.2) is 0 Å². The van der Waals surface area contributed by atoms with Gasteiger partial charge in [0.05, 0.1) is 17.3 Å². The highest BCUT2D eigenvalue weighted by Crippen LogP contribution is 2.38. The second kappa shape index (κ2) is 25.1. The van der Waals surface area contributed by atoms with E-state index in [0.29, 0.717) is 11.8 Å². The lowest BCUT2D eigenvalue weighted by Gasteiger charge is -2.28. The van der Waals surface area contributed by atoms with Crippen molar-refractivity contribution in [3.8, 4) is 0 Å². The van der Waals surface area contributed by atoms with Crippen molar-refractivity contribution < 1.29 is 23.6 Å². The predicted octanol–water partition coefficient (Wildman–Crippen LogP) is 10.3. The molecular weight excluding hydrogens is 624 g/mol. The first-order chi connectivity index (χ1) is 24.5. The second-order valence-electron chi connectivity index (χ2n) is 14.5. The molecule has 0 saturated heterocycles. The number of nitrogens with zero attached hydrogens (tertiary/aromatic N) is 4. The third-order valence-electron chi connectivity index (χ3n) is 10.1. The summed E-state index contributed by atoms with van der Waals surface area (Å²) in [7, 11) is 0. The number of carbonyl (C=O) groups is 1. The van der Waals surface area contributed by atoms with Crippen LogP contribution in [0.1, 0.15) is 188 Å². The number of ketones is 1. The Hall–Kier alpha value is -2.90. The molecule has 1 aromatic heterocycles. The van der Waals surface area contributed by atoms with Crippen LogP contribution in [0.15, 0.2) is 32.8 Å². The molecule has 8 heteroatoms. The van der Waals surface area contributed by atoms with Gasteiger partial charge in [-0.25, -0.2) is 9.98 Å². The van der Waals surface area contributed by atoms with Crippen molar-refractivity contribution in [2.75, 3.05) is 31.1 Å². The van der Waals surface area contributed by atoms with E-state index in [4.69, 9.17) is 9.15 Å². The Kier molecular flexibility index (Phi) is 20.9. The van der Waals surface area contributed by atoms with E-state index in [0.717, 1.165) is 51.9 Å². The molecule has 1 aromatic rings. The maximum Gasteiger partial charge on any atom is 0.388 e. The van der Waals surface area contributed by atoms with Crippen LogP contribution in [-0.4, -0.2) is 53.6 Å². The van der Waals surface area contributed by atoms with Crippen LogP contribution in [0.2, 0.25) is 0 Å². The molecule has 282 valence electrons. The SMILES string of the molecule is CCCCCCCCN(CCCCCCCC)c1cnc(C2=C([O-])/C(=C3\N=CC(=[N+](CCCCCCCC)CCCCCCCC)O3)C2=O)o1. The molecule has 0 bridgehead atoms. The molecule has 3 rings (SSSR count). The van der Waals surface area contributed by atoms with Crippen LogP contribution in [-0.2, 0) is 9.53 Å². The number of allylic oxidation sites excluding steroid dienone is 2. The van der Waals surface area contributed by atoms with Gasteiger partial charge in [-0.1, -0.05) is 149 Å². The number of carbonyl (C=O) groups excluding carboxylic acids is 1. The monoisotopic (exact) mass is 695 g/mol. The summed E-state index contributed by atoms with van der Waals surface area (Å²) in [6.45, 7) is 12.5. The number of rotatable bonds is 30. The highest BCUT2D eigenvalue weighted by molar-refractivity contribution is 6.38. The molecule has 0 unspecified atom stereocenters. The Balaban J connectivity index is 1.67. The molecule has 2 aliphatic rings. The van der Waals surface area contributed by atoms with Crippen LogP contribution in [0.4, 0.5) is 5.88 Å². The molecule has 0 fully saturated rings. The van der Waals surface area contributed by atoms with E-state index in [2.05, 4.69) is 47.1 Å². The Bertz CT molecular complexity index is 1210. The van der Waals surface area contributed by atoms with Gasteiger partial charge in [0.1, 0.15) is 19.3 Å². The molecule has 0 atom stereocenters. The molecule has 2 heterocycles. The summed E-state index contributed by atoms with van der Waals surface area (Å²) in [4.78, 5) is 24.5.